The molecule has 1 amide bonds. The first-order valence-corrected chi connectivity index (χ1v) is 7.03. The molecule has 110 valence electrons. The molecule has 2 aromatic rings. The summed E-state index contributed by atoms with van der Waals surface area (Å²) >= 11 is 1.61. The highest BCUT2D eigenvalue weighted by atomic mass is 32.1. The van der Waals surface area contributed by atoms with Crippen molar-refractivity contribution in [1.29, 1.82) is 0 Å². The van der Waals surface area contributed by atoms with Crippen molar-refractivity contribution in [3.8, 4) is 0 Å². The van der Waals surface area contributed by atoms with E-state index in [4.69, 9.17) is 0 Å². The van der Waals surface area contributed by atoms with Crippen molar-refractivity contribution in [2.24, 2.45) is 0 Å². The van der Waals surface area contributed by atoms with Crippen molar-refractivity contribution in [2.75, 3.05) is 12.4 Å². The number of nitrogens with one attached hydrogen (secondary N) is 1. The third kappa shape index (κ3) is 4.57. The van der Waals surface area contributed by atoms with Crippen molar-refractivity contribution in [3.63, 3.8) is 0 Å². The summed E-state index contributed by atoms with van der Waals surface area (Å²) in [4.78, 5) is 25.1. The summed E-state index contributed by atoms with van der Waals surface area (Å²) in [6, 6.07) is 3.96. The predicted octanol–water partition coefficient (Wildman–Crippen LogP) is 2.08. The van der Waals surface area contributed by atoms with Crippen LogP contribution in [0.5, 0.6) is 0 Å². The monoisotopic (exact) mass is 305 g/mol. The number of carbonyl (C=O) groups excluding carboxylic acids is 2. The third-order valence-corrected chi connectivity index (χ3v) is 3.55. The minimum Gasteiger partial charge on any atom is -0.468 e. The Labute approximate surface area is 126 Å². The molecule has 0 saturated heterocycles. The highest BCUT2D eigenvalue weighted by Crippen LogP contribution is 2.16. The van der Waals surface area contributed by atoms with E-state index in [0.717, 1.165) is 4.88 Å². The van der Waals surface area contributed by atoms with E-state index < -0.39 is 5.97 Å². The molecule has 0 aromatic carbocycles. The van der Waals surface area contributed by atoms with Gasteiger partial charge in [-0.1, -0.05) is 0 Å². The van der Waals surface area contributed by atoms with E-state index in [2.05, 4.69) is 15.2 Å². The lowest BCUT2D eigenvalue weighted by Crippen LogP contribution is -2.11. The molecule has 7 heteroatoms. The molecule has 2 heterocycles. The fraction of sp³-hybridized carbons (Fsp3) is 0.214. The average molecular weight is 305 g/mol. The van der Waals surface area contributed by atoms with Crippen molar-refractivity contribution in [2.45, 2.75) is 13.5 Å². The maximum absolute atomic E-state index is 11.8. The van der Waals surface area contributed by atoms with Crippen molar-refractivity contribution in [1.82, 2.24) is 9.78 Å². The number of hydrogen-bond donors (Lipinski definition) is 1. The number of aryl methyl sites for hydroxylation is 1. The Morgan fingerprint density at radius 3 is 2.95 bits per heavy atom. The molecule has 0 aliphatic heterocycles. The van der Waals surface area contributed by atoms with Gasteiger partial charge in [-0.15, -0.1) is 11.3 Å². The lowest BCUT2D eigenvalue weighted by atomic mass is 10.4. The molecule has 2 aromatic heterocycles. The van der Waals surface area contributed by atoms with Crippen LogP contribution in [0.25, 0.3) is 6.08 Å². The maximum atomic E-state index is 11.8. The van der Waals surface area contributed by atoms with Gasteiger partial charge in [0, 0.05) is 22.0 Å². The number of rotatable bonds is 5. The van der Waals surface area contributed by atoms with Gasteiger partial charge in [-0.2, -0.15) is 5.10 Å². The standard InChI is InChI=1S/C14H15N3O3S/c1-10-3-4-12(21-10)5-6-13(18)16-11-7-15-17(8-11)9-14(19)20-2/h3-8H,9H2,1-2H3,(H,16,18)/b6-5+. The Balaban J connectivity index is 1.90. The normalized spacial score (nSPS) is 10.8. The van der Waals surface area contributed by atoms with Crippen LogP contribution in [-0.2, 0) is 20.9 Å². The van der Waals surface area contributed by atoms with Gasteiger partial charge < -0.3 is 10.1 Å². The second kappa shape index (κ2) is 6.85. The van der Waals surface area contributed by atoms with Crippen LogP contribution < -0.4 is 5.32 Å². The van der Waals surface area contributed by atoms with Crippen LogP contribution in [0, 0.1) is 6.92 Å². The molecule has 1 N–H and O–H groups in total. The zero-order valence-electron chi connectivity index (χ0n) is 11.7. The lowest BCUT2D eigenvalue weighted by molar-refractivity contribution is -0.141. The number of carbonyl (C=O) groups is 2. The SMILES string of the molecule is COC(=O)Cn1cc(NC(=O)/C=C/c2ccc(C)s2)cn1. The van der Waals surface area contributed by atoms with E-state index in [1.165, 1.54) is 28.9 Å². The molecule has 6 nitrogen and oxygen atoms in total. The molecule has 0 radical (unpaired) electrons. The number of nitrogens with zero attached hydrogens (tertiary/aromatic N) is 2. The molecule has 0 aliphatic rings. The van der Waals surface area contributed by atoms with Crippen molar-refractivity contribution < 1.29 is 14.3 Å². The van der Waals surface area contributed by atoms with Crippen LogP contribution in [0.2, 0.25) is 0 Å². The first-order chi connectivity index (χ1) is 10.1. The second-order valence-corrected chi connectivity index (χ2v) is 5.59. The Morgan fingerprint density at radius 1 is 1.48 bits per heavy atom. The fourth-order valence-electron chi connectivity index (χ4n) is 1.60. The van der Waals surface area contributed by atoms with Gasteiger partial charge in [-0.3, -0.25) is 14.3 Å². The van der Waals surface area contributed by atoms with E-state index in [9.17, 15) is 9.59 Å². The maximum Gasteiger partial charge on any atom is 0.327 e. The van der Waals surface area contributed by atoms with Gasteiger partial charge in [0.1, 0.15) is 6.54 Å². The summed E-state index contributed by atoms with van der Waals surface area (Å²) in [6.07, 6.45) is 6.26. The summed E-state index contributed by atoms with van der Waals surface area (Å²) in [5.41, 5.74) is 0.524. The van der Waals surface area contributed by atoms with Gasteiger partial charge in [0.25, 0.3) is 0 Å². The minimum atomic E-state index is -0.399. The molecule has 0 atom stereocenters. The van der Waals surface area contributed by atoms with E-state index >= 15 is 0 Å². The van der Waals surface area contributed by atoms with Crippen LogP contribution >= 0.6 is 11.3 Å². The highest BCUT2D eigenvalue weighted by Gasteiger charge is 2.05. The molecule has 0 aliphatic carbocycles. The number of aromatic nitrogens is 2. The molecule has 0 bridgehead atoms. The van der Waals surface area contributed by atoms with Crippen LogP contribution in [0.1, 0.15) is 9.75 Å². The van der Waals surface area contributed by atoms with Crippen LogP contribution in [0.4, 0.5) is 5.69 Å². The largest absolute Gasteiger partial charge is 0.468 e. The van der Waals surface area contributed by atoms with Gasteiger partial charge in [0.05, 0.1) is 19.0 Å². The quantitative estimate of drug-likeness (QED) is 0.678. The Bertz CT molecular complexity index is 673. The van der Waals surface area contributed by atoms with E-state index in [-0.39, 0.29) is 12.5 Å². The van der Waals surface area contributed by atoms with Gasteiger partial charge in [0.15, 0.2) is 0 Å². The molecule has 0 saturated carbocycles. The minimum absolute atomic E-state index is 0.0106. The number of esters is 1. The van der Waals surface area contributed by atoms with Gasteiger partial charge >= 0.3 is 5.97 Å². The first-order valence-electron chi connectivity index (χ1n) is 6.21. The Kier molecular flexibility index (Phi) is 4.89. The third-order valence-electron chi connectivity index (χ3n) is 2.58. The number of methoxy groups -OCH3 is 1. The predicted molar refractivity (Wildman–Crippen MR) is 81.0 cm³/mol. The lowest BCUT2D eigenvalue weighted by Gasteiger charge is -1.98. The van der Waals surface area contributed by atoms with Gasteiger partial charge in [0.2, 0.25) is 5.91 Å². The summed E-state index contributed by atoms with van der Waals surface area (Å²) in [6.45, 7) is 2.02. The van der Waals surface area contributed by atoms with Crippen molar-refractivity contribution >= 4 is 35.0 Å². The smallest absolute Gasteiger partial charge is 0.327 e. The number of ether oxygens (including phenoxy) is 1. The van der Waals surface area contributed by atoms with E-state index in [1.807, 2.05) is 19.1 Å². The molecule has 0 spiro atoms. The summed E-state index contributed by atoms with van der Waals surface area (Å²) in [5.74, 6) is -0.650. The zero-order chi connectivity index (χ0) is 15.2. The highest BCUT2D eigenvalue weighted by molar-refractivity contribution is 7.12. The Hall–Kier alpha value is -2.41. The molecule has 0 fully saturated rings. The average Bonchev–Trinajstić information content (AvgIpc) is 3.05. The molecular weight excluding hydrogens is 290 g/mol. The molecular formula is C14H15N3O3S. The zero-order valence-corrected chi connectivity index (χ0v) is 12.5. The topological polar surface area (TPSA) is 73.2 Å². The molecule has 2 rings (SSSR count). The summed E-state index contributed by atoms with van der Waals surface area (Å²) in [5, 5.41) is 6.63. The number of thiophene rings is 1. The number of anilines is 1. The van der Waals surface area contributed by atoms with Gasteiger partial charge in [-0.25, -0.2) is 0 Å². The van der Waals surface area contributed by atoms with Gasteiger partial charge in [-0.05, 0) is 25.1 Å². The first kappa shape index (κ1) is 15.0. The fourth-order valence-corrected chi connectivity index (χ4v) is 2.38. The number of hydrogen-bond acceptors (Lipinski definition) is 5. The second-order valence-electron chi connectivity index (χ2n) is 4.27. The summed E-state index contributed by atoms with van der Waals surface area (Å²) in [7, 11) is 1.31. The van der Waals surface area contributed by atoms with E-state index in [0.29, 0.717) is 5.69 Å². The Morgan fingerprint density at radius 2 is 2.29 bits per heavy atom. The van der Waals surface area contributed by atoms with Crippen LogP contribution in [0.15, 0.2) is 30.6 Å². The van der Waals surface area contributed by atoms with Crippen molar-refractivity contribution in [3.05, 3.63) is 40.4 Å². The summed E-state index contributed by atoms with van der Waals surface area (Å²) < 4.78 is 5.93. The molecule has 21 heavy (non-hydrogen) atoms. The molecule has 0 unspecified atom stereocenters. The van der Waals surface area contributed by atoms with Crippen LogP contribution in [0.3, 0.4) is 0 Å². The van der Waals surface area contributed by atoms with E-state index in [1.54, 1.807) is 23.6 Å². The number of amides is 1. The van der Waals surface area contributed by atoms with Crippen LogP contribution in [-0.4, -0.2) is 28.8 Å².